The molecule has 1 aromatic rings. The molecule has 2 rings (SSSR count). The standard InChI is InChI=1S/C16H21ClF4N2.2ClH/c1-2-3-4-14(23-7-5-22-6-8-23)12-9-11(16(19,20)21)10-13(17)15(12)18;;/h9-10,14,22H,2-8H2,1H3;2*1H/t14-;;/m1../s1. The SMILES string of the molecule is CCCC[C@H](c1cc(C(F)(F)F)cc(Cl)c1F)N1CCNCC1.Cl.Cl. The fourth-order valence-electron chi connectivity index (χ4n) is 2.94. The Hall–Kier alpha value is -0.270. The Labute approximate surface area is 163 Å². The molecule has 1 heterocycles. The van der Waals surface area contributed by atoms with Crippen LogP contribution in [0.3, 0.4) is 0 Å². The number of piperazine rings is 1. The highest BCUT2D eigenvalue weighted by Gasteiger charge is 2.34. The summed E-state index contributed by atoms with van der Waals surface area (Å²) in [6.45, 7) is 4.86. The Morgan fingerprint density at radius 2 is 1.80 bits per heavy atom. The number of hydrogen-bond acceptors (Lipinski definition) is 2. The fraction of sp³-hybridized carbons (Fsp3) is 0.625. The van der Waals surface area contributed by atoms with Gasteiger partial charge in [-0.05, 0) is 18.6 Å². The van der Waals surface area contributed by atoms with Gasteiger partial charge in [0.2, 0.25) is 0 Å². The Morgan fingerprint density at radius 1 is 1.20 bits per heavy atom. The van der Waals surface area contributed by atoms with E-state index in [4.69, 9.17) is 11.6 Å². The maximum absolute atomic E-state index is 14.5. The van der Waals surface area contributed by atoms with E-state index < -0.39 is 22.6 Å². The van der Waals surface area contributed by atoms with Gasteiger partial charge in [0.1, 0.15) is 5.82 Å². The molecule has 0 aliphatic carbocycles. The van der Waals surface area contributed by atoms with Crippen LogP contribution in [-0.4, -0.2) is 31.1 Å². The van der Waals surface area contributed by atoms with Crippen molar-refractivity contribution < 1.29 is 17.6 Å². The van der Waals surface area contributed by atoms with Gasteiger partial charge in [0.15, 0.2) is 0 Å². The van der Waals surface area contributed by atoms with Gasteiger partial charge < -0.3 is 5.32 Å². The minimum atomic E-state index is -4.54. The summed E-state index contributed by atoms with van der Waals surface area (Å²) in [6, 6.07) is 1.20. The minimum absolute atomic E-state index is 0. The lowest BCUT2D eigenvalue weighted by Crippen LogP contribution is -2.45. The highest BCUT2D eigenvalue weighted by Crippen LogP contribution is 2.38. The van der Waals surface area contributed by atoms with E-state index in [0.29, 0.717) is 25.6 Å². The predicted octanol–water partition coefficient (Wildman–Crippen LogP) is 5.48. The van der Waals surface area contributed by atoms with Crippen LogP contribution in [0.5, 0.6) is 0 Å². The number of alkyl halides is 3. The lowest BCUT2D eigenvalue weighted by molar-refractivity contribution is -0.137. The highest BCUT2D eigenvalue weighted by molar-refractivity contribution is 6.30. The molecule has 0 aromatic heterocycles. The topological polar surface area (TPSA) is 15.3 Å². The average molecular weight is 426 g/mol. The third-order valence-corrected chi connectivity index (χ3v) is 4.44. The van der Waals surface area contributed by atoms with Crippen LogP contribution in [0.15, 0.2) is 12.1 Å². The van der Waals surface area contributed by atoms with Crippen LogP contribution in [0.2, 0.25) is 5.02 Å². The van der Waals surface area contributed by atoms with Crippen molar-refractivity contribution in [3.8, 4) is 0 Å². The Bertz CT molecular complexity index is 535. The number of rotatable bonds is 5. The first-order valence-electron chi connectivity index (χ1n) is 7.85. The maximum Gasteiger partial charge on any atom is 0.416 e. The predicted molar refractivity (Wildman–Crippen MR) is 97.6 cm³/mol. The molecule has 0 unspecified atom stereocenters. The largest absolute Gasteiger partial charge is 0.416 e. The number of hydrogen-bond donors (Lipinski definition) is 1. The summed E-state index contributed by atoms with van der Waals surface area (Å²) in [6.07, 6.45) is -2.20. The molecule has 1 aliphatic heterocycles. The van der Waals surface area contributed by atoms with E-state index in [-0.39, 0.29) is 36.4 Å². The van der Waals surface area contributed by atoms with Crippen molar-refractivity contribution in [1.82, 2.24) is 10.2 Å². The molecule has 1 atom stereocenters. The van der Waals surface area contributed by atoms with Gasteiger partial charge in [0, 0.05) is 37.8 Å². The molecule has 0 spiro atoms. The van der Waals surface area contributed by atoms with Gasteiger partial charge in [-0.15, -0.1) is 24.8 Å². The zero-order valence-electron chi connectivity index (χ0n) is 13.8. The molecule has 1 fully saturated rings. The van der Waals surface area contributed by atoms with Crippen molar-refractivity contribution in [1.29, 1.82) is 0 Å². The Morgan fingerprint density at radius 3 is 2.32 bits per heavy atom. The van der Waals surface area contributed by atoms with Crippen LogP contribution < -0.4 is 5.32 Å². The minimum Gasteiger partial charge on any atom is -0.314 e. The summed E-state index contributed by atoms with van der Waals surface area (Å²) >= 11 is 5.74. The average Bonchev–Trinajstić information content (AvgIpc) is 2.51. The third kappa shape index (κ3) is 6.43. The van der Waals surface area contributed by atoms with Crippen LogP contribution in [-0.2, 0) is 6.18 Å². The molecule has 0 radical (unpaired) electrons. The number of nitrogens with one attached hydrogen (secondary N) is 1. The quantitative estimate of drug-likeness (QED) is 0.629. The zero-order chi connectivity index (χ0) is 17.0. The lowest BCUT2D eigenvalue weighted by Gasteiger charge is -2.35. The summed E-state index contributed by atoms with van der Waals surface area (Å²) in [7, 11) is 0. The van der Waals surface area contributed by atoms with Gasteiger partial charge >= 0.3 is 6.18 Å². The van der Waals surface area contributed by atoms with Gasteiger partial charge in [0.05, 0.1) is 10.6 Å². The van der Waals surface area contributed by atoms with E-state index in [1.54, 1.807) is 0 Å². The number of benzene rings is 1. The second-order valence-electron chi connectivity index (χ2n) is 5.80. The van der Waals surface area contributed by atoms with Gasteiger partial charge in [0.25, 0.3) is 0 Å². The van der Waals surface area contributed by atoms with Crippen molar-refractivity contribution in [3.63, 3.8) is 0 Å². The monoisotopic (exact) mass is 424 g/mol. The van der Waals surface area contributed by atoms with E-state index in [1.165, 1.54) is 0 Å². The smallest absolute Gasteiger partial charge is 0.314 e. The normalized spacial score (nSPS) is 16.7. The Balaban J connectivity index is 0.00000288. The van der Waals surface area contributed by atoms with Crippen LogP contribution >= 0.6 is 36.4 Å². The van der Waals surface area contributed by atoms with E-state index in [0.717, 1.165) is 32.0 Å². The summed E-state index contributed by atoms with van der Waals surface area (Å²) in [5.74, 6) is -0.737. The van der Waals surface area contributed by atoms with Crippen LogP contribution in [0, 0.1) is 5.82 Å². The van der Waals surface area contributed by atoms with Gasteiger partial charge in [-0.2, -0.15) is 13.2 Å². The molecule has 0 saturated carbocycles. The van der Waals surface area contributed by atoms with Crippen molar-refractivity contribution in [2.75, 3.05) is 26.2 Å². The van der Waals surface area contributed by atoms with E-state index in [1.807, 2.05) is 11.8 Å². The molecule has 1 aromatic carbocycles. The van der Waals surface area contributed by atoms with Crippen LogP contribution in [0.4, 0.5) is 17.6 Å². The molecule has 0 amide bonds. The molecule has 1 N–H and O–H groups in total. The van der Waals surface area contributed by atoms with Crippen molar-refractivity contribution in [3.05, 3.63) is 34.1 Å². The number of halogens is 7. The fourth-order valence-corrected chi connectivity index (χ4v) is 3.17. The van der Waals surface area contributed by atoms with E-state index in [9.17, 15) is 17.6 Å². The molecule has 2 nitrogen and oxygen atoms in total. The second-order valence-corrected chi connectivity index (χ2v) is 6.21. The molecule has 146 valence electrons. The third-order valence-electron chi connectivity index (χ3n) is 4.17. The second kappa shape index (κ2) is 10.8. The van der Waals surface area contributed by atoms with E-state index in [2.05, 4.69) is 5.32 Å². The first kappa shape index (κ1) is 24.7. The lowest BCUT2D eigenvalue weighted by atomic mass is 9.96. The maximum atomic E-state index is 14.5. The van der Waals surface area contributed by atoms with E-state index >= 15 is 0 Å². The van der Waals surface area contributed by atoms with Crippen molar-refractivity contribution in [2.45, 2.75) is 38.4 Å². The molecular weight excluding hydrogens is 403 g/mol. The first-order chi connectivity index (χ1) is 10.8. The van der Waals surface area contributed by atoms with Gasteiger partial charge in [-0.1, -0.05) is 31.4 Å². The van der Waals surface area contributed by atoms with Gasteiger partial charge in [-0.25, -0.2) is 4.39 Å². The highest BCUT2D eigenvalue weighted by atomic mass is 35.5. The summed E-state index contributed by atoms with van der Waals surface area (Å²) in [5.41, 5.74) is -0.837. The summed E-state index contributed by atoms with van der Waals surface area (Å²) in [4.78, 5) is 2.04. The van der Waals surface area contributed by atoms with Crippen LogP contribution in [0.25, 0.3) is 0 Å². The van der Waals surface area contributed by atoms with Crippen LogP contribution in [0.1, 0.15) is 43.4 Å². The number of unbranched alkanes of at least 4 members (excludes halogenated alkanes) is 1. The first-order valence-corrected chi connectivity index (χ1v) is 8.23. The van der Waals surface area contributed by atoms with Crippen molar-refractivity contribution >= 4 is 36.4 Å². The molecule has 9 heteroatoms. The Kier molecular flexibility index (Phi) is 10.7. The zero-order valence-corrected chi connectivity index (χ0v) is 16.2. The molecular formula is C16H23Cl3F4N2. The van der Waals surface area contributed by atoms with Crippen molar-refractivity contribution in [2.24, 2.45) is 0 Å². The van der Waals surface area contributed by atoms with Gasteiger partial charge in [-0.3, -0.25) is 4.90 Å². The molecule has 25 heavy (non-hydrogen) atoms. The molecule has 1 aliphatic rings. The molecule has 1 saturated heterocycles. The molecule has 0 bridgehead atoms. The summed E-state index contributed by atoms with van der Waals surface area (Å²) < 4.78 is 53.6. The summed E-state index contributed by atoms with van der Waals surface area (Å²) in [5, 5.41) is 2.73. The number of nitrogens with zero attached hydrogens (tertiary/aromatic N) is 1.